The van der Waals surface area contributed by atoms with Crippen LogP contribution in [0.4, 0.5) is 17.1 Å². The van der Waals surface area contributed by atoms with E-state index in [2.05, 4.69) is 15.6 Å². The summed E-state index contributed by atoms with van der Waals surface area (Å²) in [5, 5.41) is 18.1. The zero-order valence-corrected chi connectivity index (χ0v) is 22.2. The van der Waals surface area contributed by atoms with E-state index in [4.69, 9.17) is 28.6 Å². The highest BCUT2D eigenvalue weighted by molar-refractivity contribution is 7.80. The van der Waals surface area contributed by atoms with Gasteiger partial charge in [0.2, 0.25) is 5.91 Å². The van der Waals surface area contributed by atoms with Crippen LogP contribution in [0.25, 0.3) is 5.69 Å². The van der Waals surface area contributed by atoms with E-state index in [0.29, 0.717) is 21.5 Å². The Morgan fingerprint density at radius 2 is 1.92 bits per heavy atom. The summed E-state index contributed by atoms with van der Waals surface area (Å²) in [6.45, 7) is -0.0916. The third-order valence-electron chi connectivity index (χ3n) is 6.30. The molecule has 5 rings (SSSR count). The van der Waals surface area contributed by atoms with Crippen molar-refractivity contribution in [2.75, 3.05) is 23.9 Å². The first-order valence-corrected chi connectivity index (χ1v) is 12.7. The molecule has 2 aromatic heterocycles. The topological polar surface area (TPSA) is 115 Å². The fraction of sp³-hybridized carbons (Fsp3) is 0.148. The van der Waals surface area contributed by atoms with Crippen molar-refractivity contribution < 1.29 is 14.5 Å². The second-order valence-electron chi connectivity index (χ2n) is 8.72. The Morgan fingerprint density at radius 3 is 2.59 bits per heavy atom. The van der Waals surface area contributed by atoms with Crippen molar-refractivity contribution in [1.82, 2.24) is 14.9 Å². The van der Waals surface area contributed by atoms with Crippen LogP contribution in [0.1, 0.15) is 23.5 Å². The SMILES string of the molecule is COCC(=O)Nc1ccc(N2C(=S)N[C@H](c3ccccn3)[C@H]2c2cccn2-c2ccc([N+](=O)[O-])cc2)cc1Cl. The largest absolute Gasteiger partial charge is 0.375 e. The van der Waals surface area contributed by atoms with Gasteiger partial charge in [0.05, 0.1) is 27.4 Å². The maximum atomic E-state index is 12.0. The Bertz CT molecular complexity index is 1530. The molecule has 10 nitrogen and oxygen atoms in total. The molecule has 1 saturated heterocycles. The smallest absolute Gasteiger partial charge is 0.269 e. The molecule has 2 atom stereocenters. The number of benzene rings is 2. The predicted molar refractivity (Wildman–Crippen MR) is 152 cm³/mol. The molecule has 0 aliphatic carbocycles. The summed E-state index contributed by atoms with van der Waals surface area (Å²) < 4.78 is 6.85. The standard InChI is InChI=1S/C27H23ClN6O4S/c1-38-16-24(35)30-21-12-11-19(15-20(21)28)33-26(25(31-27(33)39)22-5-2-3-13-29-22)23-6-4-14-32(23)17-7-9-18(10-8-17)34(36)37/h2-15,25-26H,16H2,1H3,(H,30,35)(H,31,39)/t25-,26-/m1/s1. The number of nitro benzene ring substituents is 1. The third-order valence-corrected chi connectivity index (χ3v) is 6.93. The normalized spacial score (nSPS) is 16.7. The number of carbonyl (C=O) groups is 1. The van der Waals surface area contributed by atoms with E-state index in [-0.39, 0.29) is 30.3 Å². The van der Waals surface area contributed by atoms with E-state index in [1.807, 2.05) is 52.1 Å². The Hall–Kier alpha value is -4.32. The minimum Gasteiger partial charge on any atom is -0.375 e. The van der Waals surface area contributed by atoms with Gasteiger partial charge in [-0.05, 0) is 66.8 Å². The van der Waals surface area contributed by atoms with Gasteiger partial charge in [0.1, 0.15) is 12.6 Å². The molecular weight excluding hydrogens is 540 g/mol. The molecule has 12 heteroatoms. The number of aromatic nitrogens is 2. The van der Waals surface area contributed by atoms with Crippen molar-refractivity contribution in [3.05, 3.63) is 112 Å². The van der Waals surface area contributed by atoms with Crippen LogP contribution in [0.5, 0.6) is 0 Å². The number of anilines is 2. The number of methoxy groups -OCH3 is 1. The number of halogens is 1. The summed E-state index contributed by atoms with van der Waals surface area (Å²) in [4.78, 5) is 29.3. The zero-order valence-electron chi connectivity index (χ0n) is 20.7. The number of nitro groups is 1. The van der Waals surface area contributed by atoms with Crippen molar-refractivity contribution in [3.63, 3.8) is 0 Å². The van der Waals surface area contributed by atoms with Gasteiger partial charge in [0.25, 0.3) is 5.69 Å². The molecule has 3 heterocycles. The van der Waals surface area contributed by atoms with E-state index in [1.165, 1.54) is 19.2 Å². The Kier molecular flexibility index (Phi) is 7.55. The van der Waals surface area contributed by atoms with E-state index >= 15 is 0 Å². The molecular formula is C27H23ClN6O4S. The molecule has 0 spiro atoms. The van der Waals surface area contributed by atoms with Gasteiger partial charge >= 0.3 is 0 Å². The minimum absolute atomic E-state index is 0.0106. The first-order chi connectivity index (χ1) is 18.9. The molecule has 1 aliphatic heterocycles. The number of nitrogens with one attached hydrogen (secondary N) is 2. The number of thiocarbonyl (C=S) groups is 1. The van der Waals surface area contributed by atoms with Crippen LogP contribution in [0.3, 0.4) is 0 Å². The summed E-state index contributed by atoms with van der Waals surface area (Å²) >= 11 is 12.4. The van der Waals surface area contributed by atoms with Crippen LogP contribution in [0, 0.1) is 10.1 Å². The maximum absolute atomic E-state index is 12.0. The first-order valence-electron chi connectivity index (χ1n) is 11.9. The number of non-ortho nitro benzene ring substituents is 1. The van der Waals surface area contributed by atoms with Crippen LogP contribution in [0.15, 0.2) is 85.2 Å². The van der Waals surface area contributed by atoms with E-state index in [1.54, 1.807) is 30.5 Å². The van der Waals surface area contributed by atoms with Crippen LogP contribution < -0.4 is 15.5 Å². The Morgan fingerprint density at radius 1 is 1.15 bits per heavy atom. The molecule has 1 fully saturated rings. The quantitative estimate of drug-likeness (QED) is 0.171. The molecule has 2 N–H and O–H groups in total. The molecule has 1 amide bonds. The van der Waals surface area contributed by atoms with Crippen LogP contribution in [-0.4, -0.2) is 39.2 Å². The van der Waals surface area contributed by atoms with Gasteiger partial charge in [-0.15, -0.1) is 0 Å². The molecule has 0 bridgehead atoms. The number of rotatable bonds is 8. The summed E-state index contributed by atoms with van der Waals surface area (Å²) in [6.07, 6.45) is 3.62. The summed E-state index contributed by atoms with van der Waals surface area (Å²) in [7, 11) is 1.44. The molecule has 0 radical (unpaired) electrons. The monoisotopic (exact) mass is 562 g/mol. The predicted octanol–water partition coefficient (Wildman–Crippen LogP) is 5.20. The number of amides is 1. The molecule has 0 unspecified atom stereocenters. The van der Waals surface area contributed by atoms with Gasteiger partial charge in [-0.1, -0.05) is 17.7 Å². The van der Waals surface area contributed by atoms with Gasteiger partial charge in [0.15, 0.2) is 5.11 Å². The van der Waals surface area contributed by atoms with E-state index in [0.717, 1.165) is 17.1 Å². The van der Waals surface area contributed by atoms with Crippen LogP contribution in [0.2, 0.25) is 5.02 Å². The number of pyridine rings is 1. The first kappa shape index (κ1) is 26.3. The maximum Gasteiger partial charge on any atom is 0.269 e. The number of nitrogens with zero attached hydrogens (tertiary/aromatic N) is 4. The molecule has 2 aromatic carbocycles. The lowest BCUT2D eigenvalue weighted by Gasteiger charge is -2.29. The lowest BCUT2D eigenvalue weighted by molar-refractivity contribution is -0.384. The number of carbonyl (C=O) groups excluding carboxylic acids is 1. The lowest BCUT2D eigenvalue weighted by atomic mass is 10.0. The van der Waals surface area contributed by atoms with Crippen LogP contribution >= 0.6 is 23.8 Å². The Balaban J connectivity index is 1.58. The van der Waals surface area contributed by atoms with Gasteiger partial charge < -0.3 is 24.8 Å². The number of hydrogen-bond acceptors (Lipinski definition) is 6. The van der Waals surface area contributed by atoms with E-state index in [9.17, 15) is 14.9 Å². The second kappa shape index (κ2) is 11.2. The van der Waals surface area contributed by atoms with Crippen molar-refractivity contribution in [2.45, 2.75) is 12.1 Å². The van der Waals surface area contributed by atoms with Crippen molar-refractivity contribution in [1.29, 1.82) is 0 Å². The number of hydrogen-bond donors (Lipinski definition) is 2. The zero-order chi connectivity index (χ0) is 27.5. The average molecular weight is 563 g/mol. The van der Waals surface area contributed by atoms with Gasteiger partial charge in [0, 0.05) is 48.7 Å². The van der Waals surface area contributed by atoms with Crippen molar-refractivity contribution >= 4 is 51.9 Å². The Labute approximate surface area is 234 Å². The highest BCUT2D eigenvalue weighted by Crippen LogP contribution is 2.43. The summed E-state index contributed by atoms with van der Waals surface area (Å²) in [5.41, 5.74) is 3.59. The molecule has 1 aliphatic rings. The van der Waals surface area contributed by atoms with Crippen LogP contribution in [-0.2, 0) is 9.53 Å². The highest BCUT2D eigenvalue weighted by Gasteiger charge is 2.42. The fourth-order valence-corrected chi connectivity index (χ4v) is 5.18. The third kappa shape index (κ3) is 5.32. The number of ether oxygens (including phenoxy) is 1. The van der Waals surface area contributed by atoms with E-state index < -0.39 is 4.92 Å². The fourth-order valence-electron chi connectivity index (χ4n) is 4.61. The lowest BCUT2D eigenvalue weighted by Crippen LogP contribution is -2.30. The molecule has 198 valence electrons. The van der Waals surface area contributed by atoms with Crippen molar-refractivity contribution in [3.8, 4) is 5.69 Å². The van der Waals surface area contributed by atoms with Gasteiger partial charge in [-0.3, -0.25) is 19.9 Å². The van der Waals surface area contributed by atoms with Gasteiger partial charge in [-0.2, -0.15) is 0 Å². The minimum atomic E-state index is -0.427. The molecule has 4 aromatic rings. The van der Waals surface area contributed by atoms with Crippen molar-refractivity contribution in [2.24, 2.45) is 0 Å². The molecule has 0 saturated carbocycles. The second-order valence-corrected chi connectivity index (χ2v) is 9.51. The average Bonchev–Trinajstić information content (AvgIpc) is 3.55. The summed E-state index contributed by atoms with van der Waals surface area (Å²) in [6, 6.07) is 20.5. The molecule has 39 heavy (non-hydrogen) atoms. The van der Waals surface area contributed by atoms with Gasteiger partial charge in [-0.25, -0.2) is 0 Å². The summed E-state index contributed by atoms with van der Waals surface area (Å²) in [5.74, 6) is -0.320. The highest BCUT2D eigenvalue weighted by atomic mass is 35.5.